The van der Waals surface area contributed by atoms with Gasteiger partial charge in [0.2, 0.25) is 0 Å². The Morgan fingerprint density at radius 3 is 2.17 bits per heavy atom. The SMILES string of the molecule is O=C1c2ccccc2C(=O)N1CCn1nnc2sc(-c3ccccc3)cc2c1=O. The average molecular weight is 402 g/mol. The Morgan fingerprint density at radius 2 is 1.48 bits per heavy atom. The number of nitrogens with zero attached hydrogens (tertiary/aromatic N) is 4. The molecule has 0 bridgehead atoms. The Balaban J connectivity index is 1.42. The fourth-order valence-corrected chi connectivity index (χ4v) is 4.38. The first-order chi connectivity index (χ1) is 14.1. The summed E-state index contributed by atoms with van der Waals surface area (Å²) in [4.78, 5) is 40.4. The highest BCUT2D eigenvalue weighted by molar-refractivity contribution is 7.21. The summed E-state index contributed by atoms with van der Waals surface area (Å²) >= 11 is 1.40. The van der Waals surface area contributed by atoms with Gasteiger partial charge in [0.1, 0.15) is 0 Å². The van der Waals surface area contributed by atoms with Crippen LogP contribution >= 0.6 is 11.3 Å². The van der Waals surface area contributed by atoms with E-state index in [9.17, 15) is 14.4 Å². The molecule has 142 valence electrons. The third-order valence-electron chi connectivity index (χ3n) is 4.89. The Labute approximate surface area is 168 Å². The van der Waals surface area contributed by atoms with Crippen LogP contribution in [0.25, 0.3) is 20.7 Å². The van der Waals surface area contributed by atoms with Gasteiger partial charge in [-0.15, -0.1) is 16.4 Å². The van der Waals surface area contributed by atoms with Crippen LogP contribution in [-0.2, 0) is 6.54 Å². The molecule has 1 aliphatic heterocycles. The average Bonchev–Trinajstić information content (AvgIpc) is 3.30. The molecule has 0 radical (unpaired) electrons. The number of imide groups is 1. The number of carbonyl (C=O) groups is 2. The van der Waals surface area contributed by atoms with Gasteiger partial charge in [0.05, 0.1) is 23.1 Å². The van der Waals surface area contributed by atoms with Gasteiger partial charge in [-0.05, 0) is 23.8 Å². The molecule has 7 nitrogen and oxygen atoms in total. The van der Waals surface area contributed by atoms with Crippen LogP contribution in [0.1, 0.15) is 20.7 Å². The van der Waals surface area contributed by atoms with E-state index in [1.54, 1.807) is 24.3 Å². The van der Waals surface area contributed by atoms with Crippen LogP contribution in [0.5, 0.6) is 0 Å². The van der Waals surface area contributed by atoms with E-state index in [4.69, 9.17) is 0 Å². The van der Waals surface area contributed by atoms with E-state index in [1.807, 2.05) is 36.4 Å². The molecule has 0 unspecified atom stereocenters. The van der Waals surface area contributed by atoms with E-state index in [-0.39, 0.29) is 30.5 Å². The van der Waals surface area contributed by atoms with Gasteiger partial charge in [0.25, 0.3) is 17.4 Å². The first kappa shape index (κ1) is 17.4. The summed E-state index contributed by atoms with van der Waals surface area (Å²) in [5.74, 6) is -0.704. The molecule has 2 amide bonds. The lowest BCUT2D eigenvalue weighted by Crippen LogP contribution is -2.36. The van der Waals surface area contributed by atoms with Crippen molar-refractivity contribution >= 4 is 33.4 Å². The zero-order chi connectivity index (χ0) is 20.0. The second-order valence-electron chi connectivity index (χ2n) is 6.62. The van der Waals surface area contributed by atoms with Gasteiger partial charge in [0.15, 0.2) is 4.83 Å². The van der Waals surface area contributed by atoms with E-state index in [0.717, 1.165) is 15.3 Å². The number of benzene rings is 2. The number of carbonyl (C=O) groups excluding carboxylic acids is 2. The highest BCUT2D eigenvalue weighted by Crippen LogP contribution is 2.30. The minimum Gasteiger partial charge on any atom is -0.272 e. The molecule has 1 aliphatic rings. The third-order valence-corrected chi connectivity index (χ3v) is 5.96. The molecule has 29 heavy (non-hydrogen) atoms. The minimum atomic E-state index is -0.352. The fourth-order valence-electron chi connectivity index (χ4n) is 3.41. The van der Waals surface area contributed by atoms with Crippen molar-refractivity contribution in [2.24, 2.45) is 0 Å². The molecule has 0 N–H and O–H groups in total. The Morgan fingerprint density at radius 1 is 0.828 bits per heavy atom. The van der Waals surface area contributed by atoms with Gasteiger partial charge in [-0.25, -0.2) is 4.68 Å². The lowest BCUT2D eigenvalue weighted by atomic mass is 10.1. The van der Waals surface area contributed by atoms with Gasteiger partial charge in [-0.2, -0.15) is 0 Å². The van der Waals surface area contributed by atoms with Crippen LogP contribution in [0, 0.1) is 0 Å². The quantitative estimate of drug-likeness (QED) is 0.490. The van der Waals surface area contributed by atoms with Crippen molar-refractivity contribution in [1.29, 1.82) is 0 Å². The second kappa shape index (κ2) is 6.75. The van der Waals surface area contributed by atoms with Crippen LogP contribution in [0.2, 0.25) is 0 Å². The fraction of sp³-hybridized carbons (Fsp3) is 0.0952. The summed E-state index contributed by atoms with van der Waals surface area (Å²) in [6.45, 7) is 0.145. The van der Waals surface area contributed by atoms with Gasteiger partial charge < -0.3 is 0 Å². The largest absolute Gasteiger partial charge is 0.278 e. The Kier molecular flexibility index (Phi) is 4.06. The number of thiophene rings is 1. The Hall–Kier alpha value is -3.65. The van der Waals surface area contributed by atoms with Crippen molar-refractivity contribution in [2.75, 3.05) is 6.54 Å². The van der Waals surface area contributed by atoms with Crippen LogP contribution < -0.4 is 5.56 Å². The molecule has 2 aromatic heterocycles. The summed E-state index contributed by atoms with van der Waals surface area (Å²) in [6, 6.07) is 18.3. The molecular weight excluding hydrogens is 388 g/mol. The Bertz CT molecular complexity index is 1290. The number of amides is 2. The lowest BCUT2D eigenvalue weighted by molar-refractivity contribution is 0.0646. The molecule has 0 fully saturated rings. The number of rotatable bonds is 4. The topological polar surface area (TPSA) is 85.2 Å². The van der Waals surface area contributed by atoms with Crippen molar-refractivity contribution in [1.82, 2.24) is 19.9 Å². The minimum absolute atomic E-state index is 0.0577. The van der Waals surface area contributed by atoms with Crippen molar-refractivity contribution < 1.29 is 9.59 Å². The molecule has 8 heteroatoms. The summed E-state index contributed by atoms with van der Waals surface area (Å²) in [6.07, 6.45) is 0. The van der Waals surface area contributed by atoms with Crippen LogP contribution in [0.4, 0.5) is 0 Å². The molecule has 2 aromatic carbocycles. The number of hydrogen-bond acceptors (Lipinski definition) is 6. The highest BCUT2D eigenvalue weighted by Gasteiger charge is 2.34. The molecule has 0 saturated carbocycles. The molecule has 0 spiro atoms. The maximum Gasteiger partial charge on any atom is 0.278 e. The van der Waals surface area contributed by atoms with Crippen LogP contribution in [-0.4, -0.2) is 38.3 Å². The molecule has 3 heterocycles. The molecular formula is C21H14N4O3S. The van der Waals surface area contributed by atoms with Crippen molar-refractivity contribution in [3.63, 3.8) is 0 Å². The molecule has 0 saturated heterocycles. The van der Waals surface area contributed by atoms with Crippen molar-refractivity contribution in [3.8, 4) is 10.4 Å². The van der Waals surface area contributed by atoms with E-state index in [1.165, 1.54) is 16.0 Å². The molecule has 0 aliphatic carbocycles. The maximum absolute atomic E-state index is 12.8. The van der Waals surface area contributed by atoms with E-state index in [0.29, 0.717) is 21.3 Å². The number of fused-ring (bicyclic) bond motifs is 2. The lowest BCUT2D eigenvalue weighted by Gasteiger charge is -2.13. The third kappa shape index (κ3) is 2.85. The van der Waals surface area contributed by atoms with E-state index in [2.05, 4.69) is 10.3 Å². The van der Waals surface area contributed by atoms with Crippen molar-refractivity contribution in [2.45, 2.75) is 6.54 Å². The standard InChI is InChI=1S/C21H14N4O3S/c26-19-14-8-4-5-9-15(14)20(27)24(19)10-11-25-21(28)16-12-17(29-18(16)22-23-25)13-6-2-1-3-7-13/h1-9,12H,10-11H2. The zero-order valence-corrected chi connectivity index (χ0v) is 15.9. The predicted octanol–water partition coefficient (Wildman–Crippen LogP) is 2.82. The summed E-state index contributed by atoms with van der Waals surface area (Å²) in [5, 5.41) is 8.62. The molecule has 4 aromatic rings. The van der Waals surface area contributed by atoms with Crippen LogP contribution in [0.15, 0.2) is 65.5 Å². The van der Waals surface area contributed by atoms with Crippen molar-refractivity contribution in [3.05, 3.63) is 82.1 Å². The van der Waals surface area contributed by atoms with Gasteiger partial charge >= 0.3 is 0 Å². The predicted molar refractivity (Wildman–Crippen MR) is 109 cm³/mol. The first-order valence-electron chi connectivity index (χ1n) is 9.01. The van der Waals surface area contributed by atoms with Gasteiger partial charge in [-0.1, -0.05) is 47.7 Å². The molecule has 5 rings (SSSR count). The van der Waals surface area contributed by atoms with E-state index >= 15 is 0 Å². The normalized spacial score (nSPS) is 13.3. The molecule has 0 atom stereocenters. The summed E-state index contributed by atoms with van der Waals surface area (Å²) in [5.41, 5.74) is 1.49. The number of hydrogen-bond donors (Lipinski definition) is 0. The zero-order valence-electron chi connectivity index (χ0n) is 15.1. The second-order valence-corrected chi connectivity index (χ2v) is 7.65. The monoisotopic (exact) mass is 402 g/mol. The number of aromatic nitrogens is 3. The maximum atomic E-state index is 12.8. The van der Waals surface area contributed by atoms with E-state index < -0.39 is 0 Å². The summed E-state index contributed by atoms with van der Waals surface area (Å²) in [7, 11) is 0. The van der Waals surface area contributed by atoms with Gasteiger partial charge in [0, 0.05) is 11.4 Å². The highest BCUT2D eigenvalue weighted by atomic mass is 32.1. The smallest absolute Gasteiger partial charge is 0.272 e. The first-order valence-corrected chi connectivity index (χ1v) is 9.83. The van der Waals surface area contributed by atoms with Crippen LogP contribution in [0.3, 0.4) is 0 Å². The summed E-state index contributed by atoms with van der Waals surface area (Å²) < 4.78 is 1.20. The van der Waals surface area contributed by atoms with Gasteiger partial charge in [-0.3, -0.25) is 19.3 Å².